The molecule has 4 atom stereocenters. The molecule has 3 aromatic rings. The molecule has 9 heteroatoms. The summed E-state index contributed by atoms with van der Waals surface area (Å²) in [4.78, 5) is 28.9. The number of carbonyl (C=O) groups is 2. The zero-order valence-corrected chi connectivity index (χ0v) is 23.9. The molecule has 0 unspecified atom stereocenters. The number of rotatable bonds is 8. The highest BCUT2D eigenvalue weighted by molar-refractivity contribution is 6.43. The maximum absolute atomic E-state index is 13.9. The van der Waals surface area contributed by atoms with Gasteiger partial charge in [0, 0.05) is 0 Å². The summed E-state index contributed by atoms with van der Waals surface area (Å²) in [7, 11) is -1.09. The standard InChI is InChI=1S/C34H33BFNO6/c1-21(16-22-13-14-29(38)28(36)17-22)12-15-30-31-23(20-42-25-10-6-3-7-11-25)18-26-32(27(31)19-35(41)43-30)34(40)37(33(26)39)24-8-4-2-5-9-24/h2-11,13-14,16-17,26-27,30,32,38,41H,12,15,18-20H2,1H3/b21-16+/t26-,27+,30-,32-/m1/s1. The van der Waals surface area contributed by atoms with Crippen molar-refractivity contribution >= 4 is 30.7 Å². The number of hydrogen-bond acceptors (Lipinski definition) is 6. The topological polar surface area (TPSA) is 96.3 Å². The van der Waals surface area contributed by atoms with Crippen LogP contribution >= 0.6 is 0 Å². The summed E-state index contributed by atoms with van der Waals surface area (Å²) in [5.74, 6) is -2.38. The van der Waals surface area contributed by atoms with Gasteiger partial charge in [-0.15, -0.1) is 0 Å². The van der Waals surface area contributed by atoms with Crippen LogP contribution in [0.1, 0.15) is 31.7 Å². The molecule has 6 rings (SSSR count). The fraction of sp³-hybridized carbons (Fsp3) is 0.294. The number of allylic oxidation sites excluding steroid dienone is 1. The SMILES string of the molecule is C/C(=C\c1ccc(O)c(F)c1)CC[C@H]1OB(O)C[C@H]2C1=C(COc1ccccc1)C[C@H]1C(=O)N(c3ccccc3)C(=O)[C@H]12. The van der Waals surface area contributed by atoms with Gasteiger partial charge in [-0.3, -0.25) is 14.5 Å². The van der Waals surface area contributed by atoms with Crippen LogP contribution in [0.2, 0.25) is 6.32 Å². The lowest BCUT2D eigenvalue weighted by atomic mass is 9.58. The van der Waals surface area contributed by atoms with Gasteiger partial charge in [0.25, 0.3) is 0 Å². The van der Waals surface area contributed by atoms with E-state index < -0.39 is 36.6 Å². The second-order valence-electron chi connectivity index (χ2n) is 11.5. The number of nitrogens with zero attached hydrogens (tertiary/aromatic N) is 1. The normalized spacial score (nSPS) is 23.8. The smallest absolute Gasteiger partial charge is 0.455 e. The minimum atomic E-state index is -1.09. The Morgan fingerprint density at radius 1 is 1.05 bits per heavy atom. The van der Waals surface area contributed by atoms with Crippen LogP contribution in [-0.4, -0.2) is 41.8 Å². The number of carbonyl (C=O) groups excluding carboxylic acids is 2. The minimum absolute atomic E-state index is 0.213. The first-order chi connectivity index (χ1) is 20.8. The number of amides is 2. The van der Waals surface area contributed by atoms with E-state index in [1.807, 2.05) is 49.4 Å². The third kappa shape index (κ3) is 5.87. The van der Waals surface area contributed by atoms with E-state index in [0.29, 0.717) is 36.3 Å². The van der Waals surface area contributed by atoms with E-state index in [9.17, 15) is 24.1 Å². The number of phenols is 1. The molecule has 0 spiro atoms. The van der Waals surface area contributed by atoms with Gasteiger partial charge in [0.15, 0.2) is 11.6 Å². The molecule has 2 fully saturated rings. The second-order valence-corrected chi connectivity index (χ2v) is 11.5. The quantitative estimate of drug-likeness (QED) is 0.199. The molecule has 2 saturated heterocycles. The Bertz CT molecular complexity index is 1580. The largest absolute Gasteiger partial charge is 0.505 e. The summed E-state index contributed by atoms with van der Waals surface area (Å²) in [5.41, 5.74) is 3.99. The first kappa shape index (κ1) is 28.9. The molecule has 3 aliphatic rings. The first-order valence-corrected chi connectivity index (χ1v) is 14.6. The van der Waals surface area contributed by atoms with E-state index in [0.717, 1.165) is 16.7 Å². The van der Waals surface area contributed by atoms with Crippen LogP contribution in [0, 0.1) is 23.6 Å². The molecular formula is C34H33BFNO6. The van der Waals surface area contributed by atoms with Crippen molar-refractivity contribution in [3.8, 4) is 11.5 Å². The number of anilines is 1. The Morgan fingerprint density at radius 2 is 1.77 bits per heavy atom. The molecule has 0 saturated carbocycles. The Hall–Kier alpha value is -4.21. The summed E-state index contributed by atoms with van der Waals surface area (Å²) in [6.07, 6.45) is 3.04. The van der Waals surface area contributed by atoms with E-state index in [1.54, 1.807) is 30.3 Å². The average Bonchev–Trinajstić information content (AvgIpc) is 3.26. The Labute approximate surface area is 250 Å². The number of benzene rings is 3. The van der Waals surface area contributed by atoms with Crippen LogP contribution < -0.4 is 9.64 Å². The molecule has 0 radical (unpaired) electrons. The van der Waals surface area contributed by atoms with Crippen molar-refractivity contribution in [1.29, 1.82) is 0 Å². The van der Waals surface area contributed by atoms with Crippen molar-refractivity contribution in [1.82, 2.24) is 0 Å². The number of aromatic hydroxyl groups is 1. The van der Waals surface area contributed by atoms with Gasteiger partial charge in [-0.25, -0.2) is 4.39 Å². The van der Waals surface area contributed by atoms with Crippen LogP contribution in [0.4, 0.5) is 10.1 Å². The number of fused-ring (bicyclic) bond motifs is 3. The molecule has 2 amide bonds. The van der Waals surface area contributed by atoms with E-state index in [-0.39, 0.29) is 30.7 Å². The second kappa shape index (κ2) is 12.2. The summed E-state index contributed by atoms with van der Waals surface area (Å²) in [5, 5.41) is 20.4. The van der Waals surface area contributed by atoms with Crippen molar-refractivity contribution < 1.29 is 33.5 Å². The van der Waals surface area contributed by atoms with Crippen LogP contribution in [0.3, 0.4) is 0 Å². The van der Waals surface area contributed by atoms with Gasteiger partial charge in [0.2, 0.25) is 11.8 Å². The number of ether oxygens (including phenoxy) is 1. The monoisotopic (exact) mass is 581 g/mol. The summed E-state index contributed by atoms with van der Waals surface area (Å²) in [6.45, 7) is 2.17. The first-order valence-electron chi connectivity index (χ1n) is 14.6. The van der Waals surface area contributed by atoms with Crippen LogP contribution in [-0.2, 0) is 14.2 Å². The van der Waals surface area contributed by atoms with Crippen molar-refractivity contribution in [3.63, 3.8) is 0 Å². The molecule has 220 valence electrons. The molecule has 0 aromatic heterocycles. The van der Waals surface area contributed by atoms with Crippen LogP contribution in [0.15, 0.2) is 95.6 Å². The van der Waals surface area contributed by atoms with Gasteiger partial charge in [0.1, 0.15) is 12.4 Å². The lowest BCUT2D eigenvalue weighted by Crippen LogP contribution is -2.46. The van der Waals surface area contributed by atoms with Crippen LogP contribution in [0.5, 0.6) is 11.5 Å². The molecule has 2 N–H and O–H groups in total. The number of halogens is 1. The molecule has 2 heterocycles. The van der Waals surface area contributed by atoms with Gasteiger partial charge < -0.3 is 19.5 Å². The highest BCUT2D eigenvalue weighted by Gasteiger charge is 2.57. The van der Waals surface area contributed by atoms with E-state index in [4.69, 9.17) is 9.39 Å². The maximum Gasteiger partial charge on any atom is 0.455 e. The highest BCUT2D eigenvalue weighted by atomic mass is 19.1. The van der Waals surface area contributed by atoms with Crippen molar-refractivity contribution in [2.75, 3.05) is 11.5 Å². The fourth-order valence-corrected chi connectivity index (χ4v) is 6.74. The summed E-state index contributed by atoms with van der Waals surface area (Å²) < 4.78 is 26.1. The third-order valence-electron chi connectivity index (χ3n) is 8.66. The predicted molar refractivity (Wildman–Crippen MR) is 162 cm³/mol. The molecule has 1 aliphatic carbocycles. The predicted octanol–water partition coefficient (Wildman–Crippen LogP) is 5.80. The van der Waals surface area contributed by atoms with Gasteiger partial charge in [-0.05, 0) is 91.5 Å². The van der Waals surface area contributed by atoms with E-state index in [1.165, 1.54) is 17.0 Å². The number of hydrogen-bond donors (Lipinski definition) is 2. The molecule has 7 nitrogen and oxygen atoms in total. The lowest BCUT2D eigenvalue weighted by molar-refractivity contribution is -0.122. The zero-order chi connectivity index (χ0) is 30.1. The van der Waals surface area contributed by atoms with E-state index in [2.05, 4.69) is 0 Å². The third-order valence-corrected chi connectivity index (χ3v) is 8.66. The Morgan fingerprint density at radius 3 is 2.49 bits per heavy atom. The van der Waals surface area contributed by atoms with Crippen LogP contribution in [0.25, 0.3) is 6.08 Å². The number of para-hydroxylation sites is 2. The van der Waals surface area contributed by atoms with Crippen molar-refractivity contribution in [3.05, 3.63) is 107 Å². The minimum Gasteiger partial charge on any atom is -0.505 e. The Balaban J connectivity index is 1.31. The molecular weight excluding hydrogens is 548 g/mol. The summed E-state index contributed by atoms with van der Waals surface area (Å²) >= 11 is 0. The molecule has 0 bridgehead atoms. The molecule has 2 aliphatic heterocycles. The van der Waals surface area contributed by atoms with Gasteiger partial charge in [0.05, 0.1) is 23.6 Å². The fourth-order valence-electron chi connectivity index (χ4n) is 6.74. The van der Waals surface area contributed by atoms with Crippen molar-refractivity contribution in [2.45, 2.75) is 38.6 Å². The molecule has 43 heavy (non-hydrogen) atoms. The molecule has 3 aromatic carbocycles. The maximum atomic E-state index is 13.9. The van der Waals surface area contributed by atoms with Crippen molar-refractivity contribution in [2.24, 2.45) is 17.8 Å². The van der Waals surface area contributed by atoms with Gasteiger partial charge in [-0.1, -0.05) is 54.1 Å². The van der Waals surface area contributed by atoms with E-state index >= 15 is 0 Å². The average molecular weight is 581 g/mol. The van der Waals surface area contributed by atoms with Gasteiger partial charge in [-0.2, -0.15) is 0 Å². The zero-order valence-electron chi connectivity index (χ0n) is 23.9. The van der Waals surface area contributed by atoms with Gasteiger partial charge >= 0.3 is 7.12 Å². The highest BCUT2D eigenvalue weighted by Crippen LogP contribution is 2.51. The Kier molecular flexibility index (Phi) is 8.19. The number of imide groups is 1. The summed E-state index contributed by atoms with van der Waals surface area (Å²) in [6, 6.07) is 22.6. The lowest BCUT2D eigenvalue weighted by Gasteiger charge is -2.43. The number of phenolic OH excluding ortho intramolecular Hbond substituents is 1.